The van der Waals surface area contributed by atoms with E-state index in [-0.39, 0.29) is 11.4 Å². The van der Waals surface area contributed by atoms with E-state index in [1.807, 2.05) is 6.92 Å². The van der Waals surface area contributed by atoms with Gasteiger partial charge >= 0.3 is 5.97 Å². The van der Waals surface area contributed by atoms with Gasteiger partial charge in [0.1, 0.15) is 11.6 Å². The monoisotopic (exact) mass is 260 g/mol. The van der Waals surface area contributed by atoms with E-state index < -0.39 is 5.97 Å². The number of benzene rings is 1. The van der Waals surface area contributed by atoms with Crippen molar-refractivity contribution < 1.29 is 14.3 Å². The van der Waals surface area contributed by atoms with Crippen LogP contribution in [0.2, 0.25) is 0 Å². The predicted octanol–water partition coefficient (Wildman–Crippen LogP) is 2.47. The van der Waals surface area contributed by atoms with Crippen LogP contribution in [0.1, 0.15) is 34.4 Å². The number of hydrogen-bond donors (Lipinski definition) is 1. The second-order valence-corrected chi connectivity index (χ2v) is 4.11. The van der Waals surface area contributed by atoms with Crippen LogP contribution in [0.15, 0.2) is 30.5 Å². The molecule has 0 radical (unpaired) electrons. The first kappa shape index (κ1) is 13.1. The lowest BCUT2D eigenvalue weighted by Crippen LogP contribution is -2.08. The molecular formula is C14H13FN2O2. The van der Waals surface area contributed by atoms with Crippen LogP contribution in [0.4, 0.5) is 4.39 Å². The third kappa shape index (κ3) is 3.13. The van der Waals surface area contributed by atoms with E-state index in [1.165, 1.54) is 18.3 Å². The zero-order valence-electron chi connectivity index (χ0n) is 10.4. The number of carboxylic acids is 1. The van der Waals surface area contributed by atoms with E-state index in [2.05, 4.69) is 9.97 Å². The molecule has 0 saturated heterocycles. The van der Waals surface area contributed by atoms with Gasteiger partial charge in [-0.1, -0.05) is 19.1 Å². The average molecular weight is 260 g/mol. The standard InChI is InChI=1S/C14H13FN2O2/c1-2-12-11(14(18)19)8-16-13(17-12)7-9-4-3-5-10(15)6-9/h3-6,8H,2,7H2,1H3,(H,18,19). The molecule has 0 aliphatic heterocycles. The lowest BCUT2D eigenvalue weighted by molar-refractivity contribution is 0.0694. The maximum Gasteiger partial charge on any atom is 0.339 e. The van der Waals surface area contributed by atoms with E-state index in [4.69, 9.17) is 5.11 Å². The highest BCUT2D eigenvalue weighted by Gasteiger charge is 2.12. The Morgan fingerprint density at radius 3 is 2.84 bits per heavy atom. The molecule has 0 unspecified atom stereocenters. The zero-order valence-corrected chi connectivity index (χ0v) is 10.4. The smallest absolute Gasteiger partial charge is 0.339 e. The Morgan fingerprint density at radius 2 is 2.21 bits per heavy atom. The number of halogens is 1. The summed E-state index contributed by atoms with van der Waals surface area (Å²) in [6.45, 7) is 1.83. The fourth-order valence-electron chi connectivity index (χ4n) is 1.82. The van der Waals surface area contributed by atoms with Gasteiger partial charge in [-0.15, -0.1) is 0 Å². The van der Waals surface area contributed by atoms with Crippen LogP contribution in [0.5, 0.6) is 0 Å². The van der Waals surface area contributed by atoms with E-state index >= 15 is 0 Å². The second-order valence-electron chi connectivity index (χ2n) is 4.11. The van der Waals surface area contributed by atoms with E-state index in [0.29, 0.717) is 24.4 Å². The number of nitrogens with zero attached hydrogens (tertiary/aromatic N) is 2. The highest BCUT2D eigenvalue weighted by molar-refractivity contribution is 5.88. The first-order chi connectivity index (χ1) is 9.10. The topological polar surface area (TPSA) is 63.1 Å². The summed E-state index contributed by atoms with van der Waals surface area (Å²) >= 11 is 0. The molecule has 98 valence electrons. The summed E-state index contributed by atoms with van der Waals surface area (Å²) in [7, 11) is 0. The summed E-state index contributed by atoms with van der Waals surface area (Å²) < 4.78 is 13.1. The molecule has 0 amide bonds. The lowest BCUT2D eigenvalue weighted by atomic mass is 10.1. The van der Waals surface area contributed by atoms with Gasteiger partial charge in [0.25, 0.3) is 0 Å². The summed E-state index contributed by atoms with van der Waals surface area (Å²) in [6, 6.07) is 6.19. The highest BCUT2D eigenvalue weighted by atomic mass is 19.1. The Labute approximate surface area is 110 Å². The van der Waals surface area contributed by atoms with E-state index in [1.54, 1.807) is 12.1 Å². The van der Waals surface area contributed by atoms with Gasteiger partial charge < -0.3 is 5.11 Å². The van der Waals surface area contributed by atoms with Gasteiger partial charge in [-0.3, -0.25) is 0 Å². The van der Waals surface area contributed by atoms with Crippen LogP contribution in [0.3, 0.4) is 0 Å². The summed E-state index contributed by atoms with van der Waals surface area (Å²) in [4.78, 5) is 19.2. The molecule has 0 fully saturated rings. The fourth-order valence-corrected chi connectivity index (χ4v) is 1.82. The van der Waals surface area contributed by atoms with Crippen molar-refractivity contribution in [2.24, 2.45) is 0 Å². The minimum Gasteiger partial charge on any atom is -0.478 e. The molecule has 2 rings (SSSR count). The molecule has 1 N–H and O–H groups in total. The van der Waals surface area contributed by atoms with Gasteiger partial charge in [0.2, 0.25) is 0 Å². The number of hydrogen-bond acceptors (Lipinski definition) is 3. The Hall–Kier alpha value is -2.30. The van der Waals surface area contributed by atoms with Gasteiger partial charge in [-0.05, 0) is 24.1 Å². The molecule has 0 saturated carbocycles. The highest BCUT2D eigenvalue weighted by Crippen LogP contribution is 2.11. The van der Waals surface area contributed by atoms with Crippen LogP contribution in [0, 0.1) is 5.82 Å². The largest absolute Gasteiger partial charge is 0.478 e. The third-order valence-electron chi connectivity index (χ3n) is 2.73. The summed E-state index contributed by atoms with van der Waals surface area (Å²) in [5.74, 6) is -0.850. The van der Waals surface area contributed by atoms with Gasteiger partial charge in [0.05, 0.1) is 11.3 Å². The predicted molar refractivity (Wildman–Crippen MR) is 67.6 cm³/mol. The van der Waals surface area contributed by atoms with Crippen molar-refractivity contribution >= 4 is 5.97 Å². The van der Waals surface area contributed by atoms with Crippen molar-refractivity contribution in [1.29, 1.82) is 0 Å². The summed E-state index contributed by atoms with van der Waals surface area (Å²) in [6.07, 6.45) is 2.20. The maximum atomic E-state index is 13.1. The summed E-state index contributed by atoms with van der Waals surface area (Å²) in [5, 5.41) is 8.98. The van der Waals surface area contributed by atoms with Gasteiger partial charge in [-0.2, -0.15) is 0 Å². The maximum absolute atomic E-state index is 13.1. The molecule has 19 heavy (non-hydrogen) atoms. The molecule has 0 aliphatic carbocycles. The van der Waals surface area contributed by atoms with E-state index in [0.717, 1.165) is 5.56 Å². The Morgan fingerprint density at radius 1 is 1.42 bits per heavy atom. The molecule has 0 atom stereocenters. The molecule has 4 nitrogen and oxygen atoms in total. The van der Waals surface area contributed by atoms with Crippen LogP contribution < -0.4 is 0 Å². The molecular weight excluding hydrogens is 247 g/mol. The van der Waals surface area contributed by atoms with Gasteiger partial charge in [0, 0.05) is 12.6 Å². The molecule has 1 heterocycles. The Balaban J connectivity index is 2.29. The molecule has 1 aromatic carbocycles. The minimum atomic E-state index is -1.03. The van der Waals surface area contributed by atoms with E-state index in [9.17, 15) is 9.18 Å². The molecule has 1 aromatic heterocycles. The lowest BCUT2D eigenvalue weighted by Gasteiger charge is -2.05. The van der Waals surface area contributed by atoms with Crippen LogP contribution >= 0.6 is 0 Å². The molecule has 2 aromatic rings. The number of aromatic carboxylic acids is 1. The van der Waals surface area contributed by atoms with Crippen LogP contribution in [-0.2, 0) is 12.8 Å². The zero-order chi connectivity index (χ0) is 13.8. The minimum absolute atomic E-state index is 0.116. The Bertz CT molecular complexity index is 614. The van der Waals surface area contributed by atoms with Crippen LogP contribution in [-0.4, -0.2) is 21.0 Å². The first-order valence-corrected chi connectivity index (χ1v) is 5.92. The van der Waals surface area contributed by atoms with Crippen molar-refractivity contribution in [3.05, 3.63) is 58.9 Å². The Kier molecular flexibility index (Phi) is 3.85. The third-order valence-corrected chi connectivity index (χ3v) is 2.73. The van der Waals surface area contributed by atoms with Crippen molar-refractivity contribution in [1.82, 2.24) is 9.97 Å². The molecule has 0 aliphatic rings. The number of aromatic nitrogens is 2. The second kappa shape index (κ2) is 5.56. The first-order valence-electron chi connectivity index (χ1n) is 5.92. The van der Waals surface area contributed by atoms with Crippen molar-refractivity contribution in [2.75, 3.05) is 0 Å². The summed E-state index contributed by atoms with van der Waals surface area (Å²) in [5.41, 5.74) is 1.37. The molecule has 5 heteroatoms. The molecule has 0 bridgehead atoms. The number of carbonyl (C=O) groups is 1. The normalized spacial score (nSPS) is 10.4. The van der Waals surface area contributed by atoms with Crippen LogP contribution in [0.25, 0.3) is 0 Å². The SMILES string of the molecule is CCc1nc(Cc2cccc(F)c2)ncc1C(=O)O. The van der Waals surface area contributed by atoms with Crippen molar-refractivity contribution in [2.45, 2.75) is 19.8 Å². The number of rotatable bonds is 4. The van der Waals surface area contributed by atoms with Gasteiger partial charge in [-0.25, -0.2) is 19.2 Å². The number of carboxylic acid groups (broad SMARTS) is 1. The number of aryl methyl sites for hydroxylation is 1. The average Bonchev–Trinajstić information content (AvgIpc) is 2.38. The van der Waals surface area contributed by atoms with Crippen molar-refractivity contribution in [3.63, 3.8) is 0 Å². The molecule has 0 spiro atoms. The quantitative estimate of drug-likeness (QED) is 0.917. The van der Waals surface area contributed by atoms with Gasteiger partial charge in [0.15, 0.2) is 0 Å². The van der Waals surface area contributed by atoms with Crippen molar-refractivity contribution in [3.8, 4) is 0 Å². The fraction of sp³-hybridized carbons (Fsp3) is 0.214.